The molecular formula is C17H15BrN2O2. The molecule has 0 spiro atoms. The summed E-state index contributed by atoms with van der Waals surface area (Å²) >= 11 is 3.42. The van der Waals surface area contributed by atoms with Crippen molar-refractivity contribution in [2.75, 3.05) is 0 Å². The topological polar surface area (TPSA) is 52.9 Å². The van der Waals surface area contributed by atoms with E-state index in [0.717, 1.165) is 21.3 Å². The summed E-state index contributed by atoms with van der Waals surface area (Å²) in [6, 6.07) is 14.7. The molecule has 1 aliphatic rings. The number of carbonyl (C=O) groups excluding carboxylic acids is 1. The van der Waals surface area contributed by atoms with E-state index in [2.05, 4.69) is 21.0 Å². The lowest BCUT2D eigenvalue weighted by Crippen LogP contribution is -2.24. The fourth-order valence-electron chi connectivity index (χ4n) is 2.57. The average Bonchev–Trinajstić information content (AvgIpc) is 2.94. The minimum Gasteiger partial charge on any atom is -0.508 e. The third-order valence-corrected chi connectivity index (χ3v) is 4.22. The van der Waals surface area contributed by atoms with E-state index in [0.29, 0.717) is 6.42 Å². The lowest BCUT2D eigenvalue weighted by atomic mass is 9.98. The number of halogens is 1. The second-order valence-corrected chi connectivity index (χ2v) is 6.14. The second-order valence-electron chi connectivity index (χ2n) is 5.23. The van der Waals surface area contributed by atoms with Gasteiger partial charge in [0.05, 0.1) is 11.8 Å². The molecule has 1 amide bonds. The van der Waals surface area contributed by atoms with Crippen molar-refractivity contribution >= 4 is 27.5 Å². The number of rotatable bonds is 2. The maximum atomic E-state index is 11.9. The third-order valence-electron chi connectivity index (χ3n) is 3.69. The Hall–Kier alpha value is -2.14. The van der Waals surface area contributed by atoms with Crippen molar-refractivity contribution in [3.8, 4) is 5.75 Å². The first kappa shape index (κ1) is 14.8. The van der Waals surface area contributed by atoms with Gasteiger partial charge in [-0.25, -0.2) is 5.01 Å². The maximum absolute atomic E-state index is 11.9. The molecule has 112 valence electrons. The summed E-state index contributed by atoms with van der Waals surface area (Å²) < 4.78 is 1.00. The molecule has 0 radical (unpaired) electrons. The van der Waals surface area contributed by atoms with Gasteiger partial charge >= 0.3 is 0 Å². The molecular weight excluding hydrogens is 344 g/mol. The summed E-state index contributed by atoms with van der Waals surface area (Å²) in [6.07, 6.45) is 0.659. The summed E-state index contributed by atoms with van der Waals surface area (Å²) in [6.45, 7) is 1.52. The molecule has 1 unspecified atom stereocenters. The van der Waals surface area contributed by atoms with Gasteiger partial charge in [0.25, 0.3) is 0 Å². The minimum atomic E-state index is -0.0885. The van der Waals surface area contributed by atoms with E-state index in [4.69, 9.17) is 0 Å². The maximum Gasteiger partial charge on any atom is 0.240 e. The lowest BCUT2D eigenvalue weighted by molar-refractivity contribution is -0.130. The molecule has 0 fully saturated rings. The van der Waals surface area contributed by atoms with Crippen LogP contribution in [0.15, 0.2) is 58.1 Å². The summed E-state index contributed by atoms with van der Waals surface area (Å²) in [5.41, 5.74) is 2.82. The predicted molar refractivity (Wildman–Crippen MR) is 88.7 cm³/mol. The molecule has 0 saturated carbocycles. The number of hydrazone groups is 1. The van der Waals surface area contributed by atoms with Gasteiger partial charge in [-0.2, -0.15) is 5.10 Å². The number of nitrogens with zero attached hydrogens (tertiary/aromatic N) is 2. The lowest BCUT2D eigenvalue weighted by Gasteiger charge is -2.20. The van der Waals surface area contributed by atoms with Crippen molar-refractivity contribution in [3.05, 3.63) is 64.1 Å². The van der Waals surface area contributed by atoms with Crippen molar-refractivity contribution in [1.82, 2.24) is 5.01 Å². The van der Waals surface area contributed by atoms with Crippen molar-refractivity contribution in [1.29, 1.82) is 0 Å². The van der Waals surface area contributed by atoms with Gasteiger partial charge in [-0.15, -0.1) is 0 Å². The molecule has 2 aromatic rings. The van der Waals surface area contributed by atoms with E-state index in [1.165, 1.54) is 11.9 Å². The van der Waals surface area contributed by atoms with Crippen LogP contribution in [-0.4, -0.2) is 21.7 Å². The van der Waals surface area contributed by atoms with Gasteiger partial charge in [-0.1, -0.05) is 28.1 Å². The van der Waals surface area contributed by atoms with Crippen LogP contribution in [-0.2, 0) is 4.79 Å². The number of hydrogen-bond donors (Lipinski definition) is 1. The van der Waals surface area contributed by atoms with Crippen LogP contribution in [0.25, 0.3) is 0 Å². The van der Waals surface area contributed by atoms with Crippen molar-refractivity contribution < 1.29 is 9.90 Å². The molecule has 22 heavy (non-hydrogen) atoms. The predicted octanol–water partition coefficient (Wildman–Crippen LogP) is 3.85. The Morgan fingerprint density at radius 2 is 1.82 bits per heavy atom. The number of aromatic hydroxyl groups is 1. The summed E-state index contributed by atoms with van der Waals surface area (Å²) in [5, 5.41) is 15.4. The zero-order valence-electron chi connectivity index (χ0n) is 12.0. The summed E-state index contributed by atoms with van der Waals surface area (Å²) in [7, 11) is 0. The first-order valence-electron chi connectivity index (χ1n) is 6.97. The summed E-state index contributed by atoms with van der Waals surface area (Å²) in [5.74, 6) is 0.136. The zero-order chi connectivity index (χ0) is 15.7. The van der Waals surface area contributed by atoms with Crippen molar-refractivity contribution in [3.63, 3.8) is 0 Å². The van der Waals surface area contributed by atoms with Gasteiger partial charge in [0.15, 0.2) is 0 Å². The molecule has 0 saturated heterocycles. The van der Waals surface area contributed by atoms with E-state index >= 15 is 0 Å². The highest BCUT2D eigenvalue weighted by atomic mass is 79.9. The first-order chi connectivity index (χ1) is 10.5. The van der Waals surface area contributed by atoms with E-state index in [1.54, 1.807) is 12.1 Å². The number of phenols is 1. The average molecular weight is 359 g/mol. The normalized spacial score (nSPS) is 17.5. The van der Waals surface area contributed by atoms with Gasteiger partial charge in [0.1, 0.15) is 5.75 Å². The van der Waals surface area contributed by atoms with Crippen LogP contribution in [0, 0.1) is 0 Å². The Balaban J connectivity index is 1.92. The van der Waals surface area contributed by atoms with Crippen LogP contribution in [0.1, 0.15) is 30.5 Å². The van der Waals surface area contributed by atoms with E-state index in [-0.39, 0.29) is 17.7 Å². The monoisotopic (exact) mass is 358 g/mol. The van der Waals surface area contributed by atoms with E-state index in [1.807, 2.05) is 36.4 Å². The second kappa shape index (κ2) is 5.93. The van der Waals surface area contributed by atoms with Gasteiger partial charge in [-0.05, 0) is 47.5 Å². The first-order valence-corrected chi connectivity index (χ1v) is 7.76. The Morgan fingerprint density at radius 3 is 2.41 bits per heavy atom. The van der Waals surface area contributed by atoms with Crippen LogP contribution in [0.5, 0.6) is 5.75 Å². The number of hydrogen-bond acceptors (Lipinski definition) is 3. The van der Waals surface area contributed by atoms with E-state index < -0.39 is 0 Å². The summed E-state index contributed by atoms with van der Waals surface area (Å²) in [4.78, 5) is 11.9. The van der Waals surface area contributed by atoms with Gasteiger partial charge < -0.3 is 5.11 Å². The molecule has 0 bridgehead atoms. The Bertz CT molecular complexity index is 723. The molecule has 1 aliphatic heterocycles. The quantitative estimate of drug-likeness (QED) is 0.886. The number of benzene rings is 2. The zero-order valence-corrected chi connectivity index (χ0v) is 13.6. The largest absolute Gasteiger partial charge is 0.508 e. The molecule has 1 atom stereocenters. The Morgan fingerprint density at radius 1 is 1.18 bits per heavy atom. The molecule has 0 aliphatic carbocycles. The van der Waals surface area contributed by atoms with Gasteiger partial charge in [0, 0.05) is 17.8 Å². The number of carbonyl (C=O) groups is 1. The molecule has 1 heterocycles. The van der Waals surface area contributed by atoms with Crippen molar-refractivity contribution in [2.45, 2.75) is 19.4 Å². The molecule has 1 N–H and O–H groups in total. The highest BCUT2D eigenvalue weighted by Crippen LogP contribution is 2.33. The minimum absolute atomic E-state index is 0.0818. The van der Waals surface area contributed by atoms with Crippen LogP contribution >= 0.6 is 15.9 Å². The third kappa shape index (κ3) is 2.90. The van der Waals surface area contributed by atoms with Crippen LogP contribution in [0.3, 0.4) is 0 Å². The number of amides is 1. The highest BCUT2D eigenvalue weighted by Gasteiger charge is 2.31. The van der Waals surface area contributed by atoms with Crippen LogP contribution in [0.2, 0.25) is 0 Å². The van der Waals surface area contributed by atoms with E-state index in [9.17, 15) is 9.90 Å². The SMILES string of the molecule is CC(=O)N1N=C(c2ccc(O)cc2)CC1c1ccc(Br)cc1. The standard InChI is InChI=1S/C17H15BrN2O2/c1-11(21)20-17(13-2-6-14(18)7-3-13)10-16(19-20)12-4-8-15(22)9-5-12/h2-9,17,22H,10H2,1H3. The van der Waals surface area contributed by atoms with Crippen LogP contribution < -0.4 is 0 Å². The van der Waals surface area contributed by atoms with Gasteiger partial charge in [-0.3, -0.25) is 4.79 Å². The molecule has 5 heteroatoms. The fourth-order valence-corrected chi connectivity index (χ4v) is 2.84. The fraction of sp³-hybridized carbons (Fsp3) is 0.176. The highest BCUT2D eigenvalue weighted by molar-refractivity contribution is 9.10. The molecule has 0 aromatic heterocycles. The number of phenolic OH excluding ortho intramolecular Hbond substituents is 1. The molecule has 2 aromatic carbocycles. The Labute approximate surface area is 137 Å². The Kier molecular flexibility index (Phi) is 3.98. The molecule has 3 rings (SSSR count). The van der Waals surface area contributed by atoms with Crippen molar-refractivity contribution in [2.24, 2.45) is 5.10 Å². The smallest absolute Gasteiger partial charge is 0.240 e. The van der Waals surface area contributed by atoms with Crippen LogP contribution in [0.4, 0.5) is 0 Å². The van der Waals surface area contributed by atoms with Gasteiger partial charge in [0.2, 0.25) is 5.91 Å². The molecule has 4 nitrogen and oxygen atoms in total.